The molecule has 0 spiro atoms. The lowest BCUT2D eigenvalue weighted by Crippen LogP contribution is -2.15. The number of hydrogen-bond acceptors (Lipinski definition) is 3. The van der Waals surface area contributed by atoms with Gasteiger partial charge in [-0.2, -0.15) is 4.39 Å². The Morgan fingerprint density at radius 2 is 1.75 bits per heavy atom. The van der Waals surface area contributed by atoms with E-state index in [1.807, 2.05) is 0 Å². The molecule has 0 fully saturated rings. The maximum atomic E-state index is 13.6. The molecule has 0 aliphatic rings. The Morgan fingerprint density at radius 1 is 1.10 bits per heavy atom. The minimum Gasteiger partial charge on any atom is -0.490 e. The van der Waals surface area contributed by atoms with Crippen molar-refractivity contribution in [3.8, 4) is 5.75 Å². The number of sulfonamides is 1. The molecule has 0 aliphatic heterocycles. The summed E-state index contributed by atoms with van der Waals surface area (Å²) in [6.07, 6.45) is 5.01. The molecule has 0 saturated heterocycles. The zero-order valence-electron chi connectivity index (χ0n) is 11.4. The van der Waals surface area contributed by atoms with Crippen LogP contribution in [0.25, 0.3) is 0 Å². The van der Waals surface area contributed by atoms with E-state index in [9.17, 15) is 17.2 Å². The highest BCUT2D eigenvalue weighted by atomic mass is 32.2. The minimum absolute atomic E-state index is 0.259. The third-order valence-electron chi connectivity index (χ3n) is 2.82. The summed E-state index contributed by atoms with van der Waals surface area (Å²) in [7, 11) is -4.28. The Labute approximate surface area is 118 Å². The van der Waals surface area contributed by atoms with Crippen molar-refractivity contribution in [3.05, 3.63) is 23.8 Å². The first-order chi connectivity index (χ1) is 9.38. The fraction of sp³-hybridized carbons (Fsp3) is 0.538. The van der Waals surface area contributed by atoms with E-state index >= 15 is 0 Å². The van der Waals surface area contributed by atoms with Crippen molar-refractivity contribution < 1.29 is 21.9 Å². The van der Waals surface area contributed by atoms with Crippen LogP contribution in [0.15, 0.2) is 17.0 Å². The van der Waals surface area contributed by atoms with Crippen LogP contribution in [0.2, 0.25) is 0 Å². The SMILES string of the molecule is CCCCCCCOc1ccc(S(N)(=O)=O)c(F)c1F. The smallest absolute Gasteiger partial charge is 0.241 e. The van der Waals surface area contributed by atoms with Gasteiger partial charge in [-0.15, -0.1) is 0 Å². The standard InChI is InChI=1S/C13H19F2NO3S/c1-2-3-4-5-6-9-19-10-7-8-11(20(16,17)18)13(15)12(10)14/h7-8H,2-6,9H2,1H3,(H2,16,17,18). The maximum absolute atomic E-state index is 13.6. The molecule has 114 valence electrons. The van der Waals surface area contributed by atoms with Crippen LogP contribution in [-0.2, 0) is 10.0 Å². The fourth-order valence-electron chi connectivity index (χ4n) is 1.73. The van der Waals surface area contributed by atoms with Gasteiger partial charge in [0.2, 0.25) is 15.8 Å². The third-order valence-corrected chi connectivity index (χ3v) is 3.75. The Kier molecular flexibility index (Phi) is 6.35. The summed E-state index contributed by atoms with van der Waals surface area (Å²) >= 11 is 0. The van der Waals surface area contributed by atoms with E-state index in [0.717, 1.165) is 44.2 Å². The van der Waals surface area contributed by atoms with Crippen LogP contribution < -0.4 is 9.88 Å². The number of ether oxygens (including phenoxy) is 1. The molecule has 1 aromatic carbocycles. The van der Waals surface area contributed by atoms with Gasteiger partial charge >= 0.3 is 0 Å². The van der Waals surface area contributed by atoms with Crippen molar-refractivity contribution in [1.29, 1.82) is 0 Å². The lowest BCUT2D eigenvalue weighted by atomic mass is 10.2. The number of halogens is 2. The van der Waals surface area contributed by atoms with Crippen molar-refractivity contribution in [2.75, 3.05) is 6.61 Å². The Bertz CT molecular complexity index is 547. The molecule has 0 unspecified atom stereocenters. The molecule has 7 heteroatoms. The third kappa shape index (κ3) is 4.72. The lowest BCUT2D eigenvalue weighted by Gasteiger charge is -2.09. The topological polar surface area (TPSA) is 69.4 Å². The molecule has 0 aromatic heterocycles. The second kappa shape index (κ2) is 7.54. The first-order valence-electron chi connectivity index (χ1n) is 6.51. The van der Waals surface area contributed by atoms with Crippen LogP contribution >= 0.6 is 0 Å². The van der Waals surface area contributed by atoms with Gasteiger partial charge in [0.25, 0.3) is 0 Å². The number of hydrogen-bond donors (Lipinski definition) is 1. The summed E-state index contributed by atoms with van der Waals surface area (Å²) < 4.78 is 54.3. The second-order valence-corrected chi connectivity index (χ2v) is 6.03. The summed E-state index contributed by atoms with van der Waals surface area (Å²) in [6, 6.07) is 1.98. The normalized spacial score (nSPS) is 11.6. The molecule has 0 radical (unpaired) electrons. The van der Waals surface area contributed by atoms with E-state index < -0.39 is 26.6 Å². The zero-order valence-corrected chi connectivity index (χ0v) is 12.2. The molecule has 0 atom stereocenters. The van der Waals surface area contributed by atoms with Gasteiger partial charge in [-0.1, -0.05) is 32.6 Å². The average molecular weight is 307 g/mol. The predicted octanol–water partition coefficient (Wildman–Crippen LogP) is 2.96. The predicted molar refractivity (Wildman–Crippen MR) is 72.0 cm³/mol. The molecule has 4 nitrogen and oxygen atoms in total. The van der Waals surface area contributed by atoms with Crippen LogP contribution in [0, 0.1) is 11.6 Å². The molecular formula is C13H19F2NO3S. The molecule has 0 amide bonds. The van der Waals surface area contributed by atoms with Crippen LogP contribution in [0.1, 0.15) is 39.0 Å². The molecule has 0 bridgehead atoms. The summed E-state index contributed by atoms with van der Waals surface area (Å²) in [5, 5.41) is 4.77. The highest BCUT2D eigenvalue weighted by molar-refractivity contribution is 7.89. The minimum atomic E-state index is -4.28. The van der Waals surface area contributed by atoms with E-state index in [4.69, 9.17) is 9.88 Å². The zero-order chi connectivity index (χ0) is 15.2. The molecule has 0 saturated carbocycles. The van der Waals surface area contributed by atoms with Crippen LogP contribution in [0.3, 0.4) is 0 Å². The van der Waals surface area contributed by atoms with Crippen LogP contribution in [0.4, 0.5) is 8.78 Å². The van der Waals surface area contributed by atoms with Gasteiger partial charge in [0.1, 0.15) is 4.90 Å². The number of benzene rings is 1. The lowest BCUT2D eigenvalue weighted by molar-refractivity contribution is 0.283. The highest BCUT2D eigenvalue weighted by Crippen LogP contribution is 2.25. The molecule has 1 aromatic rings. The number of primary sulfonamides is 1. The number of nitrogens with two attached hydrogens (primary N) is 1. The van der Waals surface area contributed by atoms with Gasteiger partial charge in [0.05, 0.1) is 6.61 Å². The summed E-state index contributed by atoms with van der Waals surface area (Å²) in [5.41, 5.74) is 0. The van der Waals surface area contributed by atoms with Crippen molar-refractivity contribution in [2.24, 2.45) is 5.14 Å². The monoisotopic (exact) mass is 307 g/mol. The van der Waals surface area contributed by atoms with Gasteiger partial charge < -0.3 is 4.74 Å². The molecular weight excluding hydrogens is 288 g/mol. The Hall–Kier alpha value is -1.21. The maximum Gasteiger partial charge on any atom is 0.241 e. The van der Waals surface area contributed by atoms with Crippen molar-refractivity contribution in [3.63, 3.8) is 0 Å². The molecule has 20 heavy (non-hydrogen) atoms. The molecule has 0 aliphatic carbocycles. The summed E-state index contributed by atoms with van der Waals surface area (Å²) in [4.78, 5) is -0.870. The molecule has 2 N–H and O–H groups in total. The van der Waals surface area contributed by atoms with Crippen molar-refractivity contribution in [2.45, 2.75) is 43.9 Å². The first-order valence-corrected chi connectivity index (χ1v) is 8.06. The van der Waals surface area contributed by atoms with E-state index in [-0.39, 0.29) is 12.4 Å². The van der Waals surface area contributed by atoms with Crippen LogP contribution in [0.5, 0.6) is 5.75 Å². The van der Waals surface area contributed by atoms with E-state index in [1.54, 1.807) is 0 Å². The number of rotatable bonds is 8. The second-order valence-electron chi connectivity index (χ2n) is 4.50. The Morgan fingerprint density at radius 3 is 2.35 bits per heavy atom. The molecule has 0 heterocycles. The highest BCUT2D eigenvalue weighted by Gasteiger charge is 2.21. The first kappa shape index (κ1) is 16.8. The van der Waals surface area contributed by atoms with Crippen LogP contribution in [-0.4, -0.2) is 15.0 Å². The van der Waals surface area contributed by atoms with Gasteiger partial charge in [-0.05, 0) is 18.6 Å². The average Bonchev–Trinajstić information content (AvgIpc) is 2.37. The van der Waals surface area contributed by atoms with Gasteiger partial charge in [-0.3, -0.25) is 0 Å². The van der Waals surface area contributed by atoms with E-state index in [2.05, 4.69) is 6.92 Å². The quantitative estimate of drug-likeness (QED) is 0.751. The van der Waals surface area contributed by atoms with Crippen molar-refractivity contribution >= 4 is 10.0 Å². The van der Waals surface area contributed by atoms with Crippen molar-refractivity contribution in [1.82, 2.24) is 0 Å². The summed E-state index contributed by atoms with van der Waals surface area (Å²) in [5.74, 6) is -3.13. The van der Waals surface area contributed by atoms with E-state index in [0.29, 0.717) is 0 Å². The van der Waals surface area contributed by atoms with Gasteiger partial charge in [-0.25, -0.2) is 17.9 Å². The Balaban J connectivity index is 2.63. The largest absolute Gasteiger partial charge is 0.490 e. The molecule has 1 rings (SSSR count). The van der Waals surface area contributed by atoms with Gasteiger partial charge in [0.15, 0.2) is 11.6 Å². The fourth-order valence-corrected chi connectivity index (χ4v) is 2.33. The van der Waals surface area contributed by atoms with Gasteiger partial charge in [0, 0.05) is 0 Å². The van der Waals surface area contributed by atoms with E-state index in [1.165, 1.54) is 0 Å². The number of unbranched alkanes of at least 4 members (excludes halogenated alkanes) is 4. The summed E-state index contributed by atoms with van der Waals surface area (Å²) in [6.45, 7) is 2.36.